The summed E-state index contributed by atoms with van der Waals surface area (Å²) in [7, 11) is 0. The van der Waals surface area contributed by atoms with Crippen LogP contribution in [0.2, 0.25) is 0 Å². The summed E-state index contributed by atoms with van der Waals surface area (Å²) in [6.07, 6.45) is 3.01. The van der Waals surface area contributed by atoms with Crippen molar-refractivity contribution in [3.05, 3.63) is 26.6 Å². The van der Waals surface area contributed by atoms with Crippen LogP contribution in [0.1, 0.15) is 63.2 Å². The Morgan fingerprint density at radius 2 is 2.12 bits per heavy atom. The Hall–Kier alpha value is -1.69. The molecule has 0 bridgehead atoms. The van der Waals surface area contributed by atoms with Crippen molar-refractivity contribution in [2.45, 2.75) is 66.3 Å². The van der Waals surface area contributed by atoms with E-state index in [1.54, 1.807) is 29.8 Å². The van der Waals surface area contributed by atoms with Crippen molar-refractivity contribution in [2.24, 2.45) is 11.3 Å². The molecule has 6 heteroatoms. The minimum absolute atomic E-state index is 0.0553. The van der Waals surface area contributed by atoms with Crippen molar-refractivity contribution in [1.29, 1.82) is 0 Å². The molecule has 25 heavy (non-hydrogen) atoms. The molecule has 1 atom stereocenters. The topological polar surface area (TPSA) is 72.2 Å². The zero-order valence-electron chi connectivity index (χ0n) is 15.5. The second-order valence-electron chi connectivity index (χ2n) is 8.24. The minimum Gasteiger partial charge on any atom is -0.481 e. The third-order valence-electron chi connectivity index (χ3n) is 5.09. The number of hydrogen-bond acceptors (Lipinski definition) is 4. The van der Waals surface area contributed by atoms with Crippen LogP contribution >= 0.6 is 11.3 Å². The van der Waals surface area contributed by atoms with Crippen molar-refractivity contribution >= 4 is 27.5 Å². The summed E-state index contributed by atoms with van der Waals surface area (Å²) in [6.45, 7) is 9.68. The molecule has 0 spiro atoms. The highest BCUT2D eigenvalue weighted by Gasteiger charge is 2.31. The van der Waals surface area contributed by atoms with E-state index >= 15 is 0 Å². The average Bonchev–Trinajstić information content (AvgIpc) is 2.86. The van der Waals surface area contributed by atoms with E-state index in [0.29, 0.717) is 11.7 Å². The van der Waals surface area contributed by atoms with Gasteiger partial charge in [-0.05, 0) is 44.6 Å². The van der Waals surface area contributed by atoms with Gasteiger partial charge < -0.3 is 5.11 Å². The van der Waals surface area contributed by atoms with Crippen LogP contribution < -0.4 is 5.56 Å². The van der Waals surface area contributed by atoms with E-state index in [0.717, 1.165) is 35.0 Å². The van der Waals surface area contributed by atoms with Gasteiger partial charge in [-0.2, -0.15) is 0 Å². The first kappa shape index (κ1) is 18.1. The molecule has 0 fully saturated rings. The fraction of sp³-hybridized carbons (Fsp3) is 0.632. The predicted octanol–water partition coefficient (Wildman–Crippen LogP) is 3.82. The molecular formula is C19H26N2O3S. The smallest absolute Gasteiger partial charge is 0.310 e. The molecule has 136 valence electrons. The SMILES string of the molecule is CC1CCc2c(sc3nc(C(C)C)n(CC(C)(C)C(=O)O)c(=O)c23)C1. The van der Waals surface area contributed by atoms with Gasteiger partial charge in [-0.15, -0.1) is 11.3 Å². The number of carboxylic acid groups (broad SMARTS) is 1. The molecule has 1 N–H and O–H groups in total. The second-order valence-corrected chi connectivity index (χ2v) is 9.32. The van der Waals surface area contributed by atoms with Gasteiger partial charge in [-0.1, -0.05) is 20.8 Å². The van der Waals surface area contributed by atoms with Crippen LogP contribution in [-0.4, -0.2) is 20.6 Å². The number of thiophene rings is 1. The molecule has 2 heterocycles. The summed E-state index contributed by atoms with van der Waals surface area (Å²) in [4.78, 5) is 31.8. The third-order valence-corrected chi connectivity index (χ3v) is 6.24. The van der Waals surface area contributed by atoms with Crippen LogP contribution in [0.4, 0.5) is 0 Å². The molecule has 0 aromatic carbocycles. The van der Waals surface area contributed by atoms with Gasteiger partial charge in [-0.3, -0.25) is 14.2 Å². The normalized spacial score (nSPS) is 17.9. The maximum absolute atomic E-state index is 13.3. The average molecular weight is 362 g/mol. The van der Waals surface area contributed by atoms with Gasteiger partial charge in [0.2, 0.25) is 0 Å². The predicted molar refractivity (Wildman–Crippen MR) is 101 cm³/mol. The molecule has 0 aliphatic heterocycles. The molecular weight excluding hydrogens is 336 g/mol. The number of rotatable bonds is 4. The van der Waals surface area contributed by atoms with Crippen LogP contribution in [0.25, 0.3) is 10.2 Å². The Bertz CT molecular complexity index is 892. The lowest BCUT2D eigenvalue weighted by molar-refractivity contribution is -0.147. The summed E-state index contributed by atoms with van der Waals surface area (Å²) >= 11 is 1.64. The lowest BCUT2D eigenvalue weighted by atomic mass is 9.89. The fourth-order valence-corrected chi connectivity index (χ4v) is 4.88. The number of carbonyl (C=O) groups is 1. The lowest BCUT2D eigenvalue weighted by Crippen LogP contribution is -2.36. The number of aryl methyl sites for hydroxylation is 1. The van der Waals surface area contributed by atoms with Crippen molar-refractivity contribution < 1.29 is 9.90 Å². The van der Waals surface area contributed by atoms with E-state index in [4.69, 9.17) is 4.98 Å². The molecule has 3 rings (SSSR count). The van der Waals surface area contributed by atoms with Gasteiger partial charge in [0, 0.05) is 17.3 Å². The summed E-state index contributed by atoms with van der Waals surface area (Å²) in [6, 6.07) is 0. The number of aliphatic carboxylic acids is 1. The van der Waals surface area contributed by atoms with Gasteiger partial charge in [-0.25, -0.2) is 4.98 Å². The summed E-state index contributed by atoms with van der Waals surface area (Å²) in [5.74, 6) is 0.465. The molecule has 0 saturated heterocycles. The van der Waals surface area contributed by atoms with Crippen molar-refractivity contribution in [2.75, 3.05) is 0 Å². The van der Waals surface area contributed by atoms with Crippen LogP contribution in [0.5, 0.6) is 0 Å². The second kappa shape index (κ2) is 6.24. The van der Waals surface area contributed by atoms with E-state index in [2.05, 4.69) is 6.92 Å². The molecule has 5 nitrogen and oxygen atoms in total. The number of fused-ring (bicyclic) bond motifs is 3. The van der Waals surface area contributed by atoms with Gasteiger partial charge >= 0.3 is 5.97 Å². The maximum Gasteiger partial charge on any atom is 0.310 e. The highest BCUT2D eigenvalue weighted by molar-refractivity contribution is 7.18. The van der Waals surface area contributed by atoms with Crippen molar-refractivity contribution in [3.63, 3.8) is 0 Å². The molecule has 0 saturated carbocycles. The molecule has 1 unspecified atom stereocenters. The summed E-state index contributed by atoms with van der Waals surface area (Å²) < 4.78 is 1.60. The number of carboxylic acids is 1. The van der Waals surface area contributed by atoms with E-state index in [1.807, 2.05) is 13.8 Å². The van der Waals surface area contributed by atoms with Crippen molar-refractivity contribution in [3.8, 4) is 0 Å². The van der Waals surface area contributed by atoms with Crippen LogP contribution in [-0.2, 0) is 24.2 Å². The Balaban J connectivity index is 2.25. The number of nitrogens with zero attached hydrogens (tertiary/aromatic N) is 2. The first-order valence-electron chi connectivity index (χ1n) is 8.90. The molecule has 0 amide bonds. The molecule has 2 aromatic rings. The number of hydrogen-bond donors (Lipinski definition) is 1. The van der Waals surface area contributed by atoms with Gasteiger partial charge in [0.05, 0.1) is 10.8 Å². The van der Waals surface area contributed by atoms with E-state index < -0.39 is 11.4 Å². The molecule has 1 aliphatic carbocycles. The van der Waals surface area contributed by atoms with Crippen LogP contribution in [0.15, 0.2) is 4.79 Å². The Labute approximate surface area is 151 Å². The third kappa shape index (κ3) is 3.12. The van der Waals surface area contributed by atoms with E-state index in [-0.39, 0.29) is 18.0 Å². The molecule has 2 aromatic heterocycles. The zero-order valence-corrected chi connectivity index (χ0v) is 16.4. The number of aromatic nitrogens is 2. The highest BCUT2D eigenvalue weighted by Crippen LogP contribution is 2.36. The quantitative estimate of drug-likeness (QED) is 0.897. The zero-order chi connectivity index (χ0) is 18.5. The van der Waals surface area contributed by atoms with E-state index in [1.165, 1.54) is 4.88 Å². The Morgan fingerprint density at radius 3 is 2.72 bits per heavy atom. The van der Waals surface area contributed by atoms with Gasteiger partial charge in [0.15, 0.2) is 0 Å². The minimum atomic E-state index is -1.02. The van der Waals surface area contributed by atoms with Crippen LogP contribution in [0.3, 0.4) is 0 Å². The highest BCUT2D eigenvalue weighted by atomic mass is 32.1. The molecule has 1 aliphatic rings. The van der Waals surface area contributed by atoms with Crippen molar-refractivity contribution in [1.82, 2.24) is 9.55 Å². The maximum atomic E-state index is 13.3. The largest absolute Gasteiger partial charge is 0.481 e. The van der Waals surface area contributed by atoms with E-state index in [9.17, 15) is 14.7 Å². The standard InChI is InChI=1S/C19H26N2O3S/c1-10(2)15-20-16-14(12-7-6-11(3)8-13(12)25-16)17(22)21(15)9-19(4,5)18(23)24/h10-11H,6-9H2,1-5H3,(H,23,24). The summed E-state index contributed by atoms with van der Waals surface area (Å²) in [5.41, 5.74) is 0.0517. The van der Waals surface area contributed by atoms with Gasteiger partial charge in [0.1, 0.15) is 10.7 Å². The monoisotopic (exact) mass is 362 g/mol. The van der Waals surface area contributed by atoms with Gasteiger partial charge in [0.25, 0.3) is 5.56 Å². The first-order valence-corrected chi connectivity index (χ1v) is 9.72. The molecule has 0 radical (unpaired) electrons. The summed E-state index contributed by atoms with van der Waals surface area (Å²) in [5, 5.41) is 10.2. The first-order chi connectivity index (χ1) is 11.6. The lowest BCUT2D eigenvalue weighted by Gasteiger charge is -2.24. The Kier molecular flexibility index (Phi) is 4.52. The fourth-order valence-electron chi connectivity index (χ4n) is 3.50. The van der Waals surface area contributed by atoms with Crippen LogP contribution in [0, 0.1) is 11.3 Å². The Morgan fingerprint density at radius 1 is 1.44 bits per heavy atom.